The van der Waals surface area contributed by atoms with Gasteiger partial charge in [0.25, 0.3) is 0 Å². The van der Waals surface area contributed by atoms with E-state index in [-0.39, 0.29) is 12.6 Å². The predicted molar refractivity (Wildman–Crippen MR) is 79.0 cm³/mol. The molecule has 122 valence electrons. The first-order valence-electron chi connectivity index (χ1n) is 7.02. The topological polar surface area (TPSA) is 101 Å². The molecule has 1 heterocycles. The zero-order chi connectivity index (χ0) is 15.9. The van der Waals surface area contributed by atoms with Crippen molar-refractivity contribution in [2.75, 3.05) is 25.6 Å². The third-order valence-electron chi connectivity index (χ3n) is 4.47. The molecule has 21 heavy (non-hydrogen) atoms. The molecule has 1 unspecified atom stereocenters. The van der Waals surface area contributed by atoms with Crippen LogP contribution < -0.4 is 5.32 Å². The minimum atomic E-state index is -3.46. The predicted octanol–water partition coefficient (Wildman–Crippen LogP) is -0.506. The van der Waals surface area contributed by atoms with E-state index in [0.717, 1.165) is 18.9 Å². The fraction of sp³-hybridized carbons (Fsp3) is 0.917. The smallest absolute Gasteiger partial charge is 0.241 e. The van der Waals surface area contributed by atoms with Crippen molar-refractivity contribution in [3.8, 4) is 0 Å². The average molecular weight is 338 g/mol. The van der Waals surface area contributed by atoms with Crippen LogP contribution in [0.1, 0.15) is 32.1 Å². The Morgan fingerprint density at radius 3 is 2.19 bits per heavy atom. The van der Waals surface area contributed by atoms with Gasteiger partial charge < -0.3 is 5.32 Å². The van der Waals surface area contributed by atoms with Gasteiger partial charge in [-0.05, 0) is 32.1 Å². The van der Waals surface area contributed by atoms with Gasteiger partial charge in [-0.1, -0.05) is 0 Å². The number of carbonyl (C=O) groups is 1. The fourth-order valence-corrected chi connectivity index (χ4v) is 5.28. The van der Waals surface area contributed by atoms with Gasteiger partial charge in [0.05, 0.1) is 6.26 Å². The zero-order valence-corrected chi connectivity index (χ0v) is 14.0. The highest BCUT2D eigenvalue weighted by molar-refractivity contribution is 7.93. The monoisotopic (exact) mass is 338 g/mol. The highest BCUT2D eigenvalue weighted by Gasteiger charge is 2.53. The number of nitrogens with one attached hydrogen (secondary N) is 1. The summed E-state index contributed by atoms with van der Waals surface area (Å²) in [5, 5.41) is 2.75. The third kappa shape index (κ3) is 3.24. The van der Waals surface area contributed by atoms with Crippen LogP contribution in [0.5, 0.6) is 0 Å². The van der Waals surface area contributed by atoms with Crippen LogP contribution in [0, 0.1) is 0 Å². The van der Waals surface area contributed by atoms with Crippen LogP contribution in [0.3, 0.4) is 0 Å². The summed E-state index contributed by atoms with van der Waals surface area (Å²) in [7, 11) is -6.75. The van der Waals surface area contributed by atoms with Crippen molar-refractivity contribution in [1.29, 1.82) is 0 Å². The molecular formula is C12H22N2O5S2. The zero-order valence-electron chi connectivity index (χ0n) is 12.3. The summed E-state index contributed by atoms with van der Waals surface area (Å²) in [5.41, 5.74) is 0. The molecule has 2 aliphatic rings. The standard InChI is InChI=1S/C12H22N2O5S2/c1-20(16,17)12(6-4-7-12)11(15)13-10-5-3-8-14(9-10)21(2,18)19/h10H,3-9H2,1-2H3,(H,13,15). The van der Waals surface area contributed by atoms with E-state index in [1.807, 2.05) is 0 Å². The number of carbonyl (C=O) groups excluding carboxylic acids is 1. The molecule has 1 atom stereocenters. The van der Waals surface area contributed by atoms with E-state index >= 15 is 0 Å². The molecule has 2 rings (SSSR count). The second-order valence-corrected chi connectivity index (χ2v) is 10.4. The van der Waals surface area contributed by atoms with Crippen LogP contribution >= 0.6 is 0 Å². The molecule has 0 aromatic heterocycles. The Balaban J connectivity index is 2.06. The lowest BCUT2D eigenvalue weighted by molar-refractivity contribution is -0.126. The fourth-order valence-electron chi connectivity index (χ4n) is 2.94. The molecule has 0 spiro atoms. The Labute approximate surface area is 126 Å². The van der Waals surface area contributed by atoms with Gasteiger partial charge in [-0.3, -0.25) is 4.79 Å². The first-order valence-corrected chi connectivity index (χ1v) is 10.8. The van der Waals surface area contributed by atoms with Gasteiger partial charge in [0, 0.05) is 25.4 Å². The maximum absolute atomic E-state index is 12.4. The van der Waals surface area contributed by atoms with Crippen molar-refractivity contribution in [3.05, 3.63) is 0 Å². The van der Waals surface area contributed by atoms with E-state index in [0.29, 0.717) is 32.2 Å². The number of piperidine rings is 1. The van der Waals surface area contributed by atoms with Gasteiger partial charge >= 0.3 is 0 Å². The summed E-state index contributed by atoms with van der Waals surface area (Å²) in [4.78, 5) is 12.4. The van der Waals surface area contributed by atoms with Crippen LogP contribution in [-0.4, -0.2) is 63.4 Å². The van der Waals surface area contributed by atoms with Crippen molar-refractivity contribution in [1.82, 2.24) is 9.62 Å². The molecule has 1 amide bonds. The van der Waals surface area contributed by atoms with Crippen molar-refractivity contribution in [2.45, 2.75) is 42.9 Å². The van der Waals surface area contributed by atoms with Crippen LogP contribution in [0.25, 0.3) is 0 Å². The minimum Gasteiger partial charge on any atom is -0.351 e. The Kier molecular flexibility index (Phi) is 4.38. The summed E-state index contributed by atoms with van der Waals surface area (Å²) in [5.74, 6) is -0.475. The molecule has 1 aliphatic heterocycles. The molecule has 0 aromatic rings. The Morgan fingerprint density at radius 1 is 1.14 bits per heavy atom. The summed E-state index contributed by atoms with van der Waals surface area (Å²) in [6.45, 7) is 0.660. The van der Waals surface area contributed by atoms with Gasteiger partial charge in [0.15, 0.2) is 9.84 Å². The van der Waals surface area contributed by atoms with Gasteiger partial charge in [-0.25, -0.2) is 21.1 Å². The van der Waals surface area contributed by atoms with E-state index in [9.17, 15) is 21.6 Å². The molecule has 0 bridgehead atoms. The number of sulfonamides is 1. The van der Waals surface area contributed by atoms with Crippen molar-refractivity contribution in [2.24, 2.45) is 0 Å². The lowest BCUT2D eigenvalue weighted by atomic mass is 9.83. The molecule has 1 saturated carbocycles. The highest BCUT2D eigenvalue weighted by Crippen LogP contribution is 2.39. The molecule has 9 heteroatoms. The number of hydrogen-bond acceptors (Lipinski definition) is 5. The summed E-state index contributed by atoms with van der Waals surface area (Å²) in [6, 6.07) is -0.319. The molecule has 1 saturated heterocycles. The third-order valence-corrected chi connectivity index (χ3v) is 7.76. The molecule has 0 aromatic carbocycles. The molecule has 0 radical (unpaired) electrons. The van der Waals surface area contributed by atoms with E-state index in [4.69, 9.17) is 0 Å². The van der Waals surface area contributed by atoms with Crippen LogP contribution in [0.15, 0.2) is 0 Å². The van der Waals surface area contributed by atoms with Crippen LogP contribution in [0.2, 0.25) is 0 Å². The van der Waals surface area contributed by atoms with E-state index < -0.39 is 30.5 Å². The lowest BCUT2D eigenvalue weighted by Crippen LogP contribution is -2.60. The number of amides is 1. The van der Waals surface area contributed by atoms with Crippen LogP contribution in [-0.2, 0) is 24.7 Å². The Morgan fingerprint density at radius 2 is 1.76 bits per heavy atom. The number of rotatable bonds is 4. The van der Waals surface area contributed by atoms with Crippen molar-refractivity contribution in [3.63, 3.8) is 0 Å². The Hall–Kier alpha value is -0.670. The lowest BCUT2D eigenvalue weighted by Gasteiger charge is -2.40. The van der Waals surface area contributed by atoms with Crippen molar-refractivity contribution >= 4 is 25.8 Å². The summed E-state index contributed by atoms with van der Waals surface area (Å²) >= 11 is 0. The second kappa shape index (κ2) is 5.51. The van der Waals surface area contributed by atoms with Gasteiger partial charge in [0.2, 0.25) is 15.9 Å². The first kappa shape index (κ1) is 16.7. The van der Waals surface area contributed by atoms with Gasteiger partial charge in [-0.15, -0.1) is 0 Å². The Bertz CT molecular complexity index is 622. The van der Waals surface area contributed by atoms with Crippen LogP contribution in [0.4, 0.5) is 0 Å². The maximum atomic E-state index is 12.4. The van der Waals surface area contributed by atoms with Crippen molar-refractivity contribution < 1.29 is 21.6 Å². The molecule has 2 fully saturated rings. The second-order valence-electron chi connectivity index (χ2n) is 6.05. The first-order chi connectivity index (χ1) is 9.56. The molecule has 7 nitrogen and oxygen atoms in total. The minimum absolute atomic E-state index is 0.213. The quantitative estimate of drug-likeness (QED) is 0.744. The van der Waals surface area contributed by atoms with E-state index in [1.54, 1.807) is 0 Å². The summed E-state index contributed by atoms with van der Waals surface area (Å²) < 4.78 is 46.9. The number of nitrogens with zero attached hydrogens (tertiary/aromatic N) is 1. The SMILES string of the molecule is CS(=O)(=O)N1CCCC(NC(=O)C2(S(C)(=O)=O)CCC2)C1. The van der Waals surface area contributed by atoms with Gasteiger partial charge in [-0.2, -0.15) is 0 Å². The highest BCUT2D eigenvalue weighted by atomic mass is 32.2. The average Bonchev–Trinajstić information content (AvgIpc) is 2.24. The van der Waals surface area contributed by atoms with Gasteiger partial charge in [0.1, 0.15) is 4.75 Å². The van der Waals surface area contributed by atoms with E-state index in [2.05, 4.69) is 5.32 Å². The number of hydrogen-bond donors (Lipinski definition) is 1. The van der Waals surface area contributed by atoms with E-state index in [1.165, 1.54) is 4.31 Å². The normalized spacial score (nSPS) is 26.9. The molecular weight excluding hydrogens is 316 g/mol. The molecule has 1 N–H and O–H groups in total. The largest absolute Gasteiger partial charge is 0.351 e. The maximum Gasteiger partial charge on any atom is 0.241 e. The number of sulfone groups is 1. The molecule has 1 aliphatic carbocycles. The summed E-state index contributed by atoms with van der Waals surface area (Å²) in [6.07, 6.45) is 4.97.